The van der Waals surface area contributed by atoms with Crippen molar-refractivity contribution in [3.05, 3.63) is 238 Å². The quantitative estimate of drug-likeness (QED) is 0.111. The van der Waals surface area contributed by atoms with Crippen molar-refractivity contribution in [3.8, 4) is 45.0 Å². The van der Waals surface area contributed by atoms with Crippen molar-refractivity contribution in [2.24, 2.45) is 55.8 Å². The van der Waals surface area contributed by atoms with Gasteiger partial charge in [-0.25, -0.2) is 38.2 Å². The number of benzene rings is 4. The summed E-state index contributed by atoms with van der Waals surface area (Å²) in [7, 11) is 8.49. The zero-order valence-electron chi connectivity index (χ0n) is 75.3. The first-order valence-electron chi connectivity index (χ1n) is 42.2. The van der Waals surface area contributed by atoms with E-state index in [2.05, 4.69) is 383 Å². The van der Waals surface area contributed by atoms with Gasteiger partial charge in [0.15, 0.2) is 47.1 Å². The normalized spacial score (nSPS) is 12.5. The van der Waals surface area contributed by atoms with Gasteiger partial charge in [0.25, 0.3) is 0 Å². The molecule has 0 N–H and O–H groups in total. The van der Waals surface area contributed by atoms with E-state index in [0.717, 1.165) is 195 Å². The van der Waals surface area contributed by atoms with Crippen molar-refractivity contribution in [1.82, 2.24) is 19.9 Å². The average molecular weight is 1560 g/mol. The Hall–Kier alpha value is -10.7. The molecule has 0 fully saturated rings. The number of aryl methyl sites for hydroxylation is 9. The van der Waals surface area contributed by atoms with Gasteiger partial charge in [-0.2, -0.15) is 0 Å². The summed E-state index contributed by atoms with van der Waals surface area (Å²) < 4.78 is 34.3. The molecule has 16 rings (SSSR count). The van der Waals surface area contributed by atoms with Gasteiger partial charge in [0.05, 0.1) is 22.3 Å². The summed E-state index contributed by atoms with van der Waals surface area (Å²) in [5, 5.41) is 8.84. The van der Waals surface area contributed by atoms with E-state index in [0.29, 0.717) is 11.8 Å². The van der Waals surface area contributed by atoms with Gasteiger partial charge in [-0.1, -0.05) is 187 Å². The van der Waals surface area contributed by atoms with Crippen LogP contribution in [0.25, 0.3) is 133 Å². The Kier molecular flexibility index (Phi) is 23.5. The number of rotatable bonds is 12. The first kappa shape index (κ1) is 84.2. The van der Waals surface area contributed by atoms with Gasteiger partial charge in [0, 0.05) is 118 Å². The second kappa shape index (κ2) is 32.6. The van der Waals surface area contributed by atoms with E-state index in [1.165, 1.54) is 44.5 Å². The summed E-state index contributed by atoms with van der Waals surface area (Å²) in [6.07, 6.45) is 15.1. The molecule has 0 saturated carbocycles. The largest absolute Gasteiger partial charge is 0.437 e. The fraction of sp³-hybridized carbons (Fsp3) is 0.390. The maximum atomic E-state index is 6.40. The standard InChI is InChI=1S/2C27H33N2O.C26H31N2O.C25H29N2O/c1-17-9-11-19-20-12-14-22(27(5,6)7)28-25(20)30-24(19)23(17)21-13-10-18(16-29(21)8)15-26(2,3)4;1-17(2)14-20-10-12-22-21-11-8-18(3)24(25(21)30-26(22)28-20)23-13-9-19(16-29(23)7)15-27(4,5)6;1-16(2)21-12-11-20-19-10-8-17(3)23(24(19)29-25(20)27-21)22-13-9-18(15-28(22)7)14-26(4,5)6;1-7-18-10-12-20-19-11-8-16(2)22(23(19)28-24(20)26-18)21-13-9-17(15-27(21)6)14-25(3,4)5/h9-14,16H,15H2,1-8H3;8-13,16-17H,14-15H2,1-7H3;8-13,15-16H,14H2,1-7H3;8-13,15H,7,14H2,1-6H3/q4*+1. The topological polar surface area (TPSA) is 120 Å². The molecule has 0 bridgehead atoms. The number of aromatic nitrogens is 8. The second-order valence-electron chi connectivity index (χ2n) is 39.8. The molecule has 0 saturated heterocycles. The summed E-state index contributed by atoms with van der Waals surface area (Å²) in [5.74, 6) is 0.949. The molecule has 12 heteroatoms. The molecule has 0 atom stereocenters. The molecule has 0 amide bonds. The highest BCUT2D eigenvalue weighted by Crippen LogP contribution is 2.43. The summed E-state index contributed by atoms with van der Waals surface area (Å²) in [5.41, 5.74) is 31.4. The Morgan fingerprint density at radius 3 is 0.863 bits per heavy atom. The first-order chi connectivity index (χ1) is 55.0. The highest BCUT2D eigenvalue weighted by Gasteiger charge is 2.30. The fourth-order valence-corrected chi connectivity index (χ4v) is 16.7. The van der Waals surface area contributed by atoms with Crippen LogP contribution in [0.4, 0.5) is 0 Å². The lowest BCUT2D eigenvalue weighted by molar-refractivity contribution is -0.660. The van der Waals surface area contributed by atoms with Crippen molar-refractivity contribution in [2.75, 3.05) is 0 Å². The fourth-order valence-electron chi connectivity index (χ4n) is 16.7. The van der Waals surface area contributed by atoms with E-state index in [4.69, 9.17) is 37.6 Å². The molecule has 0 unspecified atom stereocenters. The minimum atomic E-state index is -0.0127. The zero-order chi connectivity index (χ0) is 84.4. The summed E-state index contributed by atoms with van der Waals surface area (Å²) in [6, 6.07) is 52.4. The molecule has 12 nitrogen and oxygen atoms in total. The third-order valence-corrected chi connectivity index (χ3v) is 22.1. The molecule has 4 aromatic carbocycles. The molecule has 0 aliphatic rings. The number of pyridine rings is 8. The average Bonchev–Trinajstić information content (AvgIpc) is 1.63. The molecule has 12 aromatic heterocycles. The van der Waals surface area contributed by atoms with Crippen LogP contribution >= 0.6 is 0 Å². The highest BCUT2D eigenvalue weighted by molar-refractivity contribution is 6.12. The van der Waals surface area contributed by atoms with Gasteiger partial charge in [0.2, 0.25) is 45.6 Å². The van der Waals surface area contributed by atoms with Crippen molar-refractivity contribution in [2.45, 2.75) is 216 Å². The molecule has 0 spiro atoms. The SMILES string of the molecule is CCc1ccc2c(n1)oc1c(-c3ccc(CC(C)(C)C)c[n+]3C)c(C)ccc12.Cc1ccc2c(oc3nc(C(C)(C)C)ccc32)c1-c1ccc(CC(C)(C)C)c[n+]1C.Cc1ccc2c(oc3nc(C(C)C)ccc32)c1-c1ccc(CC(C)(C)C)c[n+]1C.Cc1ccc2c(oc3nc(CC(C)C)ccc32)c1-c1ccc(CC(C)(C)C)c[n+]1C. The number of hydrogen-bond donors (Lipinski definition) is 0. The maximum Gasteiger partial charge on any atom is 0.227 e. The Labute approximate surface area is 694 Å². The van der Waals surface area contributed by atoms with Crippen LogP contribution in [-0.4, -0.2) is 19.9 Å². The molecule has 12 heterocycles. The summed E-state index contributed by atoms with van der Waals surface area (Å²) in [4.78, 5) is 19.2. The van der Waals surface area contributed by atoms with Gasteiger partial charge >= 0.3 is 0 Å². The van der Waals surface area contributed by atoms with E-state index in [9.17, 15) is 0 Å². The van der Waals surface area contributed by atoms with Crippen LogP contribution in [-0.2, 0) is 72.1 Å². The number of fused-ring (bicyclic) bond motifs is 12. The molecule has 0 radical (unpaired) electrons. The zero-order valence-corrected chi connectivity index (χ0v) is 75.3. The minimum Gasteiger partial charge on any atom is -0.437 e. The second-order valence-corrected chi connectivity index (χ2v) is 39.8. The van der Waals surface area contributed by atoms with E-state index in [1.807, 2.05) is 0 Å². The van der Waals surface area contributed by atoms with Crippen LogP contribution in [0.3, 0.4) is 0 Å². The number of nitrogens with zero attached hydrogens (tertiary/aromatic N) is 8. The minimum absolute atomic E-state index is 0.0127. The Morgan fingerprint density at radius 1 is 0.308 bits per heavy atom. The molecular weight excluding hydrogens is 1440 g/mol. The summed E-state index contributed by atoms with van der Waals surface area (Å²) >= 11 is 0. The van der Waals surface area contributed by atoms with E-state index >= 15 is 0 Å². The van der Waals surface area contributed by atoms with Crippen molar-refractivity contribution >= 4 is 88.3 Å². The lowest BCUT2D eigenvalue weighted by Crippen LogP contribution is -2.32. The molecule has 117 heavy (non-hydrogen) atoms. The predicted octanol–water partition coefficient (Wildman–Crippen LogP) is 25.7. The number of hydrogen-bond acceptors (Lipinski definition) is 8. The van der Waals surface area contributed by atoms with Gasteiger partial charge in [-0.05, 0) is 195 Å². The smallest absolute Gasteiger partial charge is 0.227 e. The maximum absolute atomic E-state index is 6.40. The van der Waals surface area contributed by atoms with Crippen molar-refractivity contribution in [1.29, 1.82) is 0 Å². The first-order valence-corrected chi connectivity index (χ1v) is 42.2. The van der Waals surface area contributed by atoms with Gasteiger partial charge < -0.3 is 17.7 Å². The molecule has 0 aliphatic heterocycles. The lowest BCUT2D eigenvalue weighted by Gasteiger charge is -2.17. The molecule has 16 aromatic rings. The van der Waals surface area contributed by atoms with Crippen molar-refractivity contribution in [3.63, 3.8) is 0 Å². The van der Waals surface area contributed by atoms with Crippen LogP contribution < -0.4 is 18.3 Å². The third-order valence-electron chi connectivity index (χ3n) is 22.1. The molecular formula is C105H126N8O4+4. The Bertz CT molecular complexity index is 6420. The van der Waals surface area contributed by atoms with Crippen LogP contribution in [0.1, 0.15) is 212 Å². The van der Waals surface area contributed by atoms with Gasteiger partial charge in [-0.3, -0.25) is 0 Å². The lowest BCUT2D eigenvalue weighted by atomic mass is 9.88. The monoisotopic (exact) mass is 1560 g/mol. The Morgan fingerprint density at radius 2 is 0.581 bits per heavy atom. The van der Waals surface area contributed by atoms with E-state index < -0.39 is 0 Å². The van der Waals surface area contributed by atoms with E-state index in [1.54, 1.807) is 0 Å². The number of furan rings is 4. The molecule has 0 aliphatic carbocycles. The van der Waals surface area contributed by atoms with Crippen LogP contribution in [0, 0.1) is 55.3 Å². The van der Waals surface area contributed by atoms with Gasteiger partial charge in [-0.15, -0.1) is 0 Å². The summed E-state index contributed by atoms with van der Waals surface area (Å²) in [6.45, 7) is 53.3. The Balaban J connectivity index is 0.000000136. The van der Waals surface area contributed by atoms with Crippen molar-refractivity contribution < 1.29 is 35.9 Å². The highest BCUT2D eigenvalue weighted by atomic mass is 16.4. The predicted molar refractivity (Wildman–Crippen MR) is 485 cm³/mol. The third kappa shape index (κ3) is 18.7. The van der Waals surface area contributed by atoms with E-state index in [-0.39, 0.29) is 27.1 Å². The van der Waals surface area contributed by atoms with Gasteiger partial charge in [0.1, 0.15) is 28.2 Å². The van der Waals surface area contributed by atoms with Crippen LogP contribution in [0.2, 0.25) is 0 Å². The van der Waals surface area contributed by atoms with Crippen LogP contribution in [0.15, 0.2) is 188 Å². The molecule has 606 valence electrons. The van der Waals surface area contributed by atoms with Crippen LogP contribution in [0.5, 0.6) is 0 Å².